The van der Waals surface area contributed by atoms with Crippen LogP contribution in [0.4, 0.5) is 5.69 Å². The molecule has 0 saturated carbocycles. The zero-order valence-corrected chi connectivity index (χ0v) is 10.2. The second-order valence-electron chi connectivity index (χ2n) is 4.57. The Labute approximate surface area is 101 Å². The Morgan fingerprint density at radius 2 is 2.00 bits per heavy atom. The fourth-order valence-electron chi connectivity index (χ4n) is 1.19. The Morgan fingerprint density at radius 1 is 1.41 bits per heavy atom. The Hall–Kier alpha value is -1.86. The molecule has 0 unspecified atom stereocenters. The normalized spacial score (nSPS) is 10.7. The molecular weight excluding hydrogens is 214 g/mol. The fraction of sp³-hybridized carbons (Fsp3) is 0.385. The van der Waals surface area contributed by atoms with Crippen molar-refractivity contribution in [2.45, 2.75) is 20.3 Å². The maximum Gasteiger partial charge on any atom is 0.231 e. The van der Waals surface area contributed by atoms with Gasteiger partial charge in [0.15, 0.2) is 0 Å². The van der Waals surface area contributed by atoms with Crippen molar-refractivity contribution in [3.63, 3.8) is 0 Å². The summed E-state index contributed by atoms with van der Waals surface area (Å²) in [5, 5.41) is 11.3. The molecule has 3 N–H and O–H groups in total. The summed E-state index contributed by atoms with van der Waals surface area (Å²) in [6, 6.07) is 9.31. The number of hydrogen-bond donors (Lipinski definition) is 2. The van der Waals surface area contributed by atoms with Gasteiger partial charge >= 0.3 is 0 Å². The van der Waals surface area contributed by atoms with Crippen molar-refractivity contribution >= 4 is 11.6 Å². The quantitative estimate of drug-likeness (QED) is 0.827. The summed E-state index contributed by atoms with van der Waals surface area (Å²) in [6.45, 7) is 3.89. The third kappa shape index (κ3) is 3.58. The molecule has 0 heterocycles. The number of carbonyl (C=O) groups is 1. The van der Waals surface area contributed by atoms with Crippen LogP contribution in [0.15, 0.2) is 24.3 Å². The number of nitrogens with two attached hydrogens (primary N) is 1. The van der Waals surface area contributed by atoms with Gasteiger partial charge in [-0.05, 0) is 31.5 Å². The first kappa shape index (κ1) is 13.2. The van der Waals surface area contributed by atoms with Crippen LogP contribution >= 0.6 is 0 Å². The summed E-state index contributed by atoms with van der Waals surface area (Å²) in [7, 11) is 0. The van der Waals surface area contributed by atoms with Crippen LogP contribution in [-0.2, 0) is 11.2 Å². The summed E-state index contributed by atoms with van der Waals surface area (Å²) >= 11 is 0. The summed E-state index contributed by atoms with van der Waals surface area (Å²) in [5.41, 5.74) is 6.60. The molecule has 4 nitrogen and oxygen atoms in total. The molecule has 4 heteroatoms. The third-order valence-corrected chi connectivity index (χ3v) is 2.62. The third-order valence-electron chi connectivity index (χ3n) is 2.62. The van der Waals surface area contributed by atoms with Crippen molar-refractivity contribution in [3.05, 3.63) is 29.8 Å². The molecule has 1 amide bonds. The van der Waals surface area contributed by atoms with E-state index in [0.717, 1.165) is 11.3 Å². The number of anilines is 1. The highest BCUT2D eigenvalue weighted by atomic mass is 16.2. The summed E-state index contributed by atoms with van der Waals surface area (Å²) in [6.07, 6.45) is 0.377. The lowest BCUT2D eigenvalue weighted by Crippen LogP contribution is -2.37. The lowest BCUT2D eigenvalue weighted by Gasteiger charge is -2.21. The van der Waals surface area contributed by atoms with Gasteiger partial charge in [-0.2, -0.15) is 5.26 Å². The second kappa shape index (κ2) is 5.46. The van der Waals surface area contributed by atoms with E-state index in [4.69, 9.17) is 11.0 Å². The topological polar surface area (TPSA) is 78.9 Å². The van der Waals surface area contributed by atoms with Crippen LogP contribution in [0.25, 0.3) is 0 Å². The molecule has 0 fully saturated rings. The van der Waals surface area contributed by atoms with E-state index in [1.807, 2.05) is 12.1 Å². The molecule has 0 aliphatic rings. The van der Waals surface area contributed by atoms with Crippen molar-refractivity contribution in [1.29, 1.82) is 5.26 Å². The molecule has 0 atom stereocenters. The lowest BCUT2D eigenvalue weighted by atomic mass is 9.92. The van der Waals surface area contributed by atoms with Gasteiger partial charge < -0.3 is 11.1 Å². The molecular formula is C13H17N3O. The van der Waals surface area contributed by atoms with Crippen LogP contribution in [0.2, 0.25) is 0 Å². The highest BCUT2D eigenvalue weighted by Crippen LogP contribution is 2.17. The fourth-order valence-corrected chi connectivity index (χ4v) is 1.19. The van der Waals surface area contributed by atoms with Crippen LogP contribution in [0.3, 0.4) is 0 Å². The molecule has 17 heavy (non-hydrogen) atoms. The van der Waals surface area contributed by atoms with Gasteiger partial charge in [-0.3, -0.25) is 4.79 Å². The van der Waals surface area contributed by atoms with Gasteiger partial charge in [0.25, 0.3) is 0 Å². The van der Waals surface area contributed by atoms with Gasteiger partial charge in [0.2, 0.25) is 5.91 Å². The lowest BCUT2D eigenvalue weighted by molar-refractivity contribution is -0.123. The first-order chi connectivity index (χ1) is 7.99. The molecule has 0 radical (unpaired) electrons. The number of nitrogens with one attached hydrogen (secondary N) is 1. The van der Waals surface area contributed by atoms with E-state index < -0.39 is 5.41 Å². The zero-order valence-electron chi connectivity index (χ0n) is 10.2. The molecule has 0 saturated heterocycles. The minimum Gasteiger partial charge on any atom is -0.329 e. The maximum atomic E-state index is 11.8. The Kier molecular flexibility index (Phi) is 4.24. The largest absolute Gasteiger partial charge is 0.329 e. The van der Waals surface area contributed by atoms with Crippen LogP contribution in [0, 0.1) is 16.7 Å². The first-order valence-corrected chi connectivity index (χ1v) is 5.47. The van der Waals surface area contributed by atoms with Crippen LogP contribution < -0.4 is 11.1 Å². The Morgan fingerprint density at radius 3 is 2.47 bits per heavy atom. The SMILES string of the molecule is CC(C)(CN)C(=O)Nc1ccc(CC#N)cc1. The van der Waals surface area contributed by atoms with E-state index in [-0.39, 0.29) is 5.91 Å². The highest BCUT2D eigenvalue weighted by molar-refractivity contribution is 5.94. The predicted molar refractivity (Wildman–Crippen MR) is 67.2 cm³/mol. The van der Waals surface area contributed by atoms with Crippen LogP contribution in [-0.4, -0.2) is 12.5 Å². The molecule has 0 aliphatic heterocycles. The summed E-state index contributed by atoms with van der Waals surface area (Å²) in [5.74, 6) is -0.104. The van der Waals surface area contributed by atoms with Gasteiger partial charge in [-0.1, -0.05) is 12.1 Å². The predicted octanol–water partition coefficient (Wildman–Crippen LogP) is 1.68. The van der Waals surface area contributed by atoms with Crippen molar-refractivity contribution in [3.8, 4) is 6.07 Å². The van der Waals surface area contributed by atoms with Crippen LogP contribution in [0.1, 0.15) is 19.4 Å². The number of carbonyl (C=O) groups excluding carboxylic acids is 1. The van der Waals surface area contributed by atoms with E-state index in [0.29, 0.717) is 13.0 Å². The summed E-state index contributed by atoms with van der Waals surface area (Å²) < 4.78 is 0. The molecule has 0 aromatic heterocycles. The average Bonchev–Trinajstić information content (AvgIpc) is 2.32. The minimum absolute atomic E-state index is 0.104. The van der Waals surface area contributed by atoms with E-state index in [1.165, 1.54) is 0 Å². The van der Waals surface area contributed by atoms with Gasteiger partial charge in [0, 0.05) is 12.2 Å². The smallest absolute Gasteiger partial charge is 0.231 e. The monoisotopic (exact) mass is 231 g/mol. The molecule has 0 spiro atoms. The van der Waals surface area contributed by atoms with Crippen molar-refractivity contribution < 1.29 is 4.79 Å². The number of amides is 1. The molecule has 0 bridgehead atoms. The molecule has 0 aliphatic carbocycles. The van der Waals surface area contributed by atoms with E-state index in [2.05, 4.69) is 11.4 Å². The standard InChI is InChI=1S/C13H17N3O/c1-13(2,9-15)12(17)16-11-5-3-10(4-6-11)7-8-14/h3-6H,7,9,15H2,1-2H3,(H,16,17). The van der Waals surface area contributed by atoms with Crippen molar-refractivity contribution in [1.82, 2.24) is 0 Å². The number of rotatable bonds is 4. The zero-order chi connectivity index (χ0) is 12.9. The van der Waals surface area contributed by atoms with E-state index >= 15 is 0 Å². The summed E-state index contributed by atoms with van der Waals surface area (Å²) in [4.78, 5) is 11.8. The van der Waals surface area contributed by atoms with Crippen molar-refractivity contribution in [2.24, 2.45) is 11.1 Å². The number of nitriles is 1. The number of hydrogen-bond acceptors (Lipinski definition) is 3. The van der Waals surface area contributed by atoms with Crippen LogP contribution in [0.5, 0.6) is 0 Å². The molecule has 90 valence electrons. The Bertz CT molecular complexity index is 429. The molecule has 1 rings (SSSR count). The first-order valence-electron chi connectivity index (χ1n) is 5.47. The number of benzene rings is 1. The van der Waals surface area contributed by atoms with Gasteiger partial charge in [-0.15, -0.1) is 0 Å². The van der Waals surface area contributed by atoms with E-state index in [1.54, 1.807) is 26.0 Å². The van der Waals surface area contributed by atoms with Gasteiger partial charge in [0.05, 0.1) is 17.9 Å². The van der Waals surface area contributed by atoms with Gasteiger partial charge in [-0.25, -0.2) is 0 Å². The van der Waals surface area contributed by atoms with Gasteiger partial charge in [0.1, 0.15) is 0 Å². The molecule has 1 aromatic rings. The molecule has 1 aromatic carbocycles. The van der Waals surface area contributed by atoms with E-state index in [9.17, 15) is 4.79 Å². The highest BCUT2D eigenvalue weighted by Gasteiger charge is 2.25. The Balaban J connectivity index is 2.70. The number of nitrogens with zero attached hydrogens (tertiary/aromatic N) is 1. The second-order valence-corrected chi connectivity index (χ2v) is 4.57. The minimum atomic E-state index is -0.578. The van der Waals surface area contributed by atoms with Crippen molar-refractivity contribution in [2.75, 3.05) is 11.9 Å². The average molecular weight is 231 g/mol. The maximum absolute atomic E-state index is 11.8.